The maximum absolute atomic E-state index is 12.8. The minimum Gasteiger partial charge on any atom is -0.481 e. The molecule has 0 saturated carbocycles. The van der Waals surface area contributed by atoms with Gasteiger partial charge in [-0.1, -0.05) is 11.6 Å². The van der Waals surface area contributed by atoms with Gasteiger partial charge in [0, 0.05) is 5.38 Å². The van der Waals surface area contributed by atoms with Crippen molar-refractivity contribution in [1.82, 2.24) is 4.98 Å². The Kier molecular flexibility index (Phi) is 5.69. The van der Waals surface area contributed by atoms with E-state index in [-0.39, 0.29) is 17.1 Å². The summed E-state index contributed by atoms with van der Waals surface area (Å²) in [6, 6.07) is 2.63. The average molecular weight is 393 g/mol. The van der Waals surface area contributed by atoms with Crippen molar-refractivity contribution in [2.75, 3.05) is 5.32 Å². The number of aliphatic carboxylic acids is 1. The summed E-state index contributed by atoms with van der Waals surface area (Å²) >= 11 is 6.94. The number of amides is 1. The van der Waals surface area contributed by atoms with E-state index in [2.05, 4.69) is 10.3 Å². The van der Waals surface area contributed by atoms with Crippen LogP contribution in [0.2, 0.25) is 5.02 Å². The molecule has 0 aliphatic heterocycles. The number of carbonyl (C=O) groups is 2. The molecular weight excluding hydrogens is 381 g/mol. The Bertz CT molecular complexity index is 808. The molecule has 1 heterocycles. The van der Waals surface area contributed by atoms with Crippen LogP contribution in [0.5, 0.6) is 0 Å². The minimum absolute atomic E-state index is 0.0285. The van der Waals surface area contributed by atoms with Crippen molar-refractivity contribution in [3.8, 4) is 0 Å². The molecule has 5 nitrogen and oxygen atoms in total. The highest BCUT2D eigenvalue weighted by Gasteiger charge is 2.31. The van der Waals surface area contributed by atoms with E-state index < -0.39 is 29.5 Å². The Balaban J connectivity index is 2.16. The smallest absolute Gasteiger partial charge is 0.416 e. The van der Waals surface area contributed by atoms with Gasteiger partial charge in [0.25, 0.3) is 0 Å². The molecule has 1 atom stereocenters. The summed E-state index contributed by atoms with van der Waals surface area (Å²) in [5, 5.41) is 12.9. The fraction of sp³-hybridized carbons (Fsp3) is 0.267. The molecule has 0 spiro atoms. The van der Waals surface area contributed by atoms with E-state index in [0.717, 1.165) is 29.5 Å². The van der Waals surface area contributed by atoms with Crippen molar-refractivity contribution >= 4 is 40.5 Å². The van der Waals surface area contributed by atoms with Crippen LogP contribution < -0.4 is 5.32 Å². The number of alkyl halides is 3. The largest absolute Gasteiger partial charge is 0.481 e. The van der Waals surface area contributed by atoms with E-state index >= 15 is 0 Å². The van der Waals surface area contributed by atoms with Crippen LogP contribution in [0.3, 0.4) is 0 Å². The number of hydrogen-bond donors (Lipinski definition) is 2. The molecule has 0 saturated heterocycles. The molecule has 0 fully saturated rings. The third kappa shape index (κ3) is 4.93. The number of nitrogens with zero attached hydrogens (tertiary/aromatic N) is 1. The summed E-state index contributed by atoms with van der Waals surface area (Å²) in [6.45, 7) is 1.51. The number of rotatable bonds is 5. The number of carboxylic acids is 1. The molecule has 10 heteroatoms. The maximum Gasteiger partial charge on any atom is 0.416 e. The normalized spacial score (nSPS) is 12.7. The number of carboxylic acid groups (broad SMARTS) is 1. The number of halogens is 4. The minimum atomic E-state index is -4.56. The Labute approximate surface area is 149 Å². The lowest BCUT2D eigenvalue weighted by atomic mass is 10.1. The van der Waals surface area contributed by atoms with Gasteiger partial charge in [0.1, 0.15) is 5.01 Å². The van der Waals surface area contributed by atoms with Gasteiger partial charge in [0.15, 0.2) is 0 Å². The number of benzene rings is 1. The molecule has 0 aliphatic rings. The van der Waals surface area contributed by atoms with Crippen LogP contribution in [0.4, 0.5) is 18.9 Å². The third-order valence-corrected chi connectivity index (χ3v) is 4.62. The Morgan fingerprint density at radius 1 is 1.40 bits per heavy atom. The first-order valence-corrected chi connectivity index (χ1v) is 8.17. The second-order valence-corrected chi connectivity index (χ2v) is 6.45. The summed E-state index contributed by atoms with van der Waals surface area (Å²) in [4.78, 5) is 27.0. The standard InChI is InChI=1S/C15H12ClF3N2O3S/c1-7(14-20-9(6-25-14)5-12(22)23)13(24)21-11-4-8(15(17,18)19)2-3-10(11)16/h2-4,6-7H,5H2,1H3,(H,21,24)(H,22,23)/t7-/m0/s1. The molecule has 2 rings (SSSR count). The van der Waals surface area contributed by atoms with E-state index in [1.807, 2.05) is 0 Å². The molecule has 1 amide bonds. The van der Waals surface area contributed by atoms with Crippen molar-refractivity contribution < 1.29 is 27.9 Å². The van der Waals surface area contributed by atoms with Gasteiger partial charge < -0.3 is 10.4 Å². The predicted molar refractivity (Wildman–Crippen MR) is 87.0 cm³/mol. The number of aromatic nitrogens is 1. The van der Waals surface area contributed by atoms with Gasteiger partial charge in [-0.3, -0.25) is 9.59 Å². The number of carbonyl (C=O) groups excluding carboxylic acids is 1. The molecule has 1 aromatic heterocycles. The van der Waals surface area contributed by atoms with Gasteiger partial charge >= 0.3 is 12.1 Å². The fourth-order valence-corrected chi connectivity index (χ4v) is 2.95. The molecule has 0 aliphatic carbocycles. The zero-order valence-electron chi connectivity index (χ0n) is 12.7. The van der Waals surface area contributed by atoms with Crippen molar-refractivity contribution in [1.29, 1.82) is 0 Å². The molecule has 0 unspecified atom stereocenters. The maximum atomic E-state index is 12.8. The molecule has 134 valence electrons. The zero-order valence-corrected chi connectivity index (χ0v) is 14.3. The fourth-order valence-electron chi connectivity index (χ4n) is 1.91. The lowest BCUT2D eigenvalue weighted by Crippen LogP contribution is -2.19. The molecular formula is C15H12ClF3N2O3S. The lowest BCUT2D eigenvalue weighted by Gasteiger charge is -2.13. The van der Waals surface area contributed by atoms with Gasteiger partial charge in [-0.15, -0.1) is 11.3 Å². The summed E-state index contributed by atoms with van der Waals surface area (Å²) < 4.78 is 38.3. The van der Waals surface area contributed by atoms with E-state index in [1.165, 1.54) is 12.3 Å². The average Bonchev–Trinajstić information content (AvgIpc) is 2.95. The first kappa shape index (κ1) is 19.2. The van der Waals surface area contributed by atoms with E-state index in [0.29, 0.717) is 10.7 Å². The van der Waals surface area contributed by atoms with Gasteiger partial charge in [-0.2, -0.15) is 13.2 Å². The quantitative estimate of drug-likeness (QED) is 0.799. The highest BCUT2D eigenvalue weighted by atomic mass is 35.5. The predicted octanol–water partition coefficient (Wildman–Crippen LogP) is 4.18. The summed E-state index contributed by atoms with van der Waals surface area (Å²) in [5.41, 5.74) is -0.780. The van der Waals surface area contributed by atoms with Gasteiger partial charge in [-0.05, 0) is 25.1 Å². The Morgan fingerprint density at radius 2 is 2.08 bits per heavy atom. The topological polar surface area (TPSA) is 79.3 Å². The number of hydrogen-bond acceptors (Lipinski definition) is 4. The first-order valence-electron chi connectivity index (χ1n) is 6.91. The SMILES string of the molecule is C[C@@H](C(=O)Nc1cc(C(F)(F)F)ccc1Cl)c1nc(CC(=O)O)cs1. The summed E-state index contributed by atoms with van der Waals surface area (Å²) in [7, 11) is 0. The molecule has 2 aromatic rings. The third-order valence-electron chi connectivity index (χ3n) is 3.22. The summed E-state index contributed by atoms with van der Waals surface area (Å²) in [6.07, 6.45) is -4.83. The monoisotopic (exact) mass is 392 g/mol. The van der Waals surface area contributed by atoms with Crippen molar-refractivity contribution in [3.63, 3.8) is 0 Å². The lowest BCUT2D eigenvalue weighted by molar-refractivity contribution is -0.138. The van der Waals surface area contributed by atoms with Crippen molar-refractivity contribution in [2.24, 2.45) is 0 Å². The number of anilines is 1. The first-order chi connectivity index (χ1) is 11.6. The second-order valence-electron chi connectivity index (χ2n) is 5.15. The zero-order chi connectivity index (χ0) is 18.8. The Morgan fingerprint density at radius 3 is 2.68 bits per heavy atom. The van der Waals surface area contributed by atoms with Crippen LogP contribution >= 0.6 is 22.9 Å². The molecule has 2 N–H and O–H groups in total. The van der Waals surface area contributed by atoms with Gasteiger partial charge in [0.05, 0.1) is 34.3 Å². The number of thiazole rings is 1. The molecule has 25 heavy (non-hydrogen) atoms. The van der Waals surface area contributed by atoms with E-state index in [4.69, 9.17) is 16.7 Å². The van der Waals surface area contributed by atoms with Crippen molar-refractivity contribution in [3.05, 3.63) is 44.9 Å². The van der Waals surface area contributed by atoms with Crippen LogP contribution in [-0.4, -0.2) is 22.0 Å². The van der Waals surface area contributed by atoms with Crippen LogP contribution in [0.1, 0.15) is 29.1 Å². The molecule has 0 bridgehead atoms. The Hall–Kier alpha value is -2.13. The van der Waals surface area contributed by atoms with Crippen LogP contribution in [0.15, 0.2) is 23.6 Å². The van der Waals surface area contributed by atoms with Gasteiger partial charge in [-0.25, -0.2) is 4.98 Å². The highest BCUT2D eigenvalue weighted by molar-refractivity contribution is 7.09. The number of nitrogens with one attached hydrogen (secondary N) is 1. The molecule has 0 radical (unpaired) electrons. The second kappa shape index (κ2) is 7.40. The van der Waals surface area contributed by atoms with E-state index in [9.17, 15) is 22.8 Å². The molecule has 1 aromatic carbocycles. The van der Waals surface area contributed by atoms with Crippen LogP contribution in [0, 0.1) is 0 Å². The summed E-state index contributed by atoms with van der Waals surface area (Å²) in [5.74, 6) is -2.43. The highest BCUT2D eigenvalue weighted by Crippen LogP contribution is 2.34. The van der Waals surface area contributed by atoms with Crippen LogP contribution in [-0.2, 0) is 22.2 Å². The van der Waals surface area contributed by atoms with Crippen molar-refractivity contribution in [2.45, 2.75) is 25.4 Å². The van der Waals surface area contributed by atoms with Gasteiger partial charge in [0.2, 0.25) is 5.91 Å². The van der Waals surface area contributed by atoms with Crippen LogP contribution in [0.25, 0.3) is 0 Å². The van der Waals surface area contributed by atoms with E-state index in [1.54, 1.807) is 0 Å².